The van der Waals surface area contributed by atoms with Crippen LogP contribution in [0.25, 0.3) is 10.9 Å². The molecule has 2 aromatic carbocycles. The van der Waals surface area contributed by atoms with Crippen molar-refractivity contribution in [3.63, 3.8) is 0 Å². The monoisotopic (exact) mass is 669 g/mol. The number of nitrogens with two attached hydrogens (primary N) is 1. The molecular formula is C37H52BN7O4. The number of fused-ring (bicyclic) bond motifs is 3. The molecule has 0 saturated carbocycles. The van der Waals surface area contributed by atoms with Crippen LogP contribution in [-0.4, -0.2) is 110 Å². The Bertz CT molecular complexity index is 1610. The van der Waals surface area contributed by atoms with Gasteiger partial charge >= 0.3 is 24.7 Å². The van der Waals surface area contributed by atoms with Gasteiger partial charge in [0.15, 0.2) is 0 Å². The van der Waals surface area contributed by atoms with Crippen molar-refractivity contribution in [1.29, 1.82) is 0 Å². The van der Waals surface area contributed by atoms with Gasteiger partial charge in [-0.25, -0.2) is 4.79 Å². The molecule has 6 rings (SSSR count). The van der Waals surface area contributed by atoms with Crippen LogP contribution in [0.2, 0.25) is 6.82 Å². The smallest absolute Gasteiger partial charge is 0.318 e. The molecule has 2 aliphatic heterocycles. The van der Waals surface area contributed by atoms with E-state index < -0.39 is 6.04 Å². The molecule has 4 atom stereocenters. The fourth-order valence-electron chi connectivity index (χ4n) is 8.13. The van der Waals surface area contributed by atoms with Gasteiger partial charge in [0.25, 0.3) is 0 Å². The zero-order chi connectivity index (χ0) is 35.1. The molecule has 2 saturated heterocycles. The number of carbonyl (C=O) groups is 3. The number of nitrogens with zero attached hydrogens (tertiary/aromatic N) is 3. The molecular weight excluding hydrogens is 617 g/mol. The number of hydrogen-bond donors (Lipinski definition) is 4. The molecule has 1 aromatic heterocycles. The first-order chi connectivity index (χ1) is 23.7. The minimum absolute atomic E-state index is 0.0577. The average molecular weight is 670 g/mol. The maximum atomic E-state index is 14.5. The second-order valence-electron chi connectivity index (χ2n) is 13.9. The zero-order valence-corrected chi connectivity index (χ0v) is 29.4. The summed E-state index contributed by atoms with van der Waals surface area (Å²) in [7, 11) is 4.41. The summed E-state index contributed by atoms with van der Waals surface area (Å²) in [5.41, 5.74) is 9.97. The number of H-pyrrole nitrogens is 1. The van der Waals surface area contributed by atoms with Crippen molar-refractivity contribution in [2.45, 2.75) is 75.2 Å². The van der Waals surface area contributed by atoms with E-state index in [-0.39, 0.29) is 41.1 Å². The van der Waals surface area contributed by atoms with Crippen LogP contribution in [0.5, 0.6) is 0 Å². The fourth-order valence-corrected chi connectivity index (χ4v) is 8.13. The molecule has 262 valence electrons. The first-order valence-corrected chi connectivity index (χ1v) is 17.7. The summed E-state index contributed by atoms with van der Waals surface area (Å²) in [6, 6.07) is 15.5. The predicted molar refractivity (Wildman–Crippen MR) is 193 cm³/mol. The number of carbonyl (C=O) groups excluding carboxylic acids is 3. The van der Waals surface area contributed by atoms with Gasteiger partial charge in [-0.1, -0.05) is 49.4 Å². The Morgan fingerprint density at radius 3 is 2.49 bits per heavy atom. The zero-order valence-electron chi connectivity index (χ0n) is 29.4. The van der Waals surface area contributed by atoms with E-state index in [9.17, 15) is 14.4 Å². The second-order valence-corrected chi connectivity index (χ2v) is 13.9. The Hall–Kier alpha value is -4.03. The molecule has 0 radical (unpaired) electrons. The quantitative estimate of drug-likeness (QED) is 0.270. The standard InChI is InChI=1S/C36H49N7O3.CH3BO/c1-24(29-23-39-31-13-7-5-11-27(29)31)32(40-35(46)42(3)25-9-8-17-38-22-25)34(45)43-18-14-36(15-19-43)21-28(33(44)41(2)20-16-37)26-10-4-6-12-30(26)36;1-2-3/h4-7,10-13,23-25,28,32,38-39H,8-9,14-22,37H2,1-3H3,(H,40,46);1H3/t24-,25?,28-,32?;/m1./s1. The van der Waals surface area contributed by atoms with Gasteiger partial charge < -0.3 is 36.1 Å². The van der Waals surface area contributed by atoms with Gasteiger partial charge in [0.05, 0.1) is 5.92 Å². The van der Waals surface area contributed by atoms with Gasteiger partial charge in [-0.05, 0) is 61.4 Å². The van der Waals surface area contributed by atoms with Crippen molar-refractivity contribution in [3.05, 3.63) is 71.4 Å². The summed E-state index contributed by atoms with van der Waals surface area (Å²) in [5, 5.41) is 7.63. The van der Waals surface area contributed by atoms with E-state index in [0.717, 1.165) is 74.4 Å². The SMILES string of the molecule is CB=O.C[C@H](c1c[nH]c2ccccc12)C(NC(=O)N(C)C1CCCNC1)C(=O)N1CCC2(CC1)C[C@@H](C(=O)N(C)CCN)c1ccccc12. The third kappa shape index (κ3) is 7.60. The van der Waals surface area contributed by atoms with Gasteiger partial charge in [0.1, 0.15) is 6.04 Å². The molecule has 2 unspecified atom stereocenters. The van der Waals surface area contributed by atoms with Gasteiger partial charge in [-0.15, -0.1) is 0 Å². The van der Waals surface area contributed by atoms with Crippen molar-refractivity contribution < 1.29 is 19.1 Å². The molecule has 11 nitrogen and oxygen atoms in total. The number of piperidine rings is 2. The summed E-state index contributed by atoms with van der Waals surface area (Å²) in [4.78, 5) is 50.5. The van der Waals surface area contributed by atoms with Crippen molar-refractivity contribution in [2.75, 3.05) is 53.4 Å². The van der Waals surface area contributed by atoms with E-state index in [1.807, 2.05) is 56.4 Å². The third-order valence-corrected chi connectivity index (χ3v) is 11.0. The van der Waals surface area contributed by atoms with Crippen LogP contribution >= 0.6 is 0 Å². The Morgan fingerprint density at radius 2 is 1.80 bits per heavy atom. The summed E-state index contributed by atoms with van der Waals surface area (Å²) < 4.78 is 8.81. The molecule has 3 aliphatic rings. The van der Waals surface area contributed by atoms with Crippen LogP contribution in [-0.2, 0) is 19.7 Å². The third-order valence-electron chi connectivity index (χ3n) is 11.0. The van der Waals surface area contributed by atoms with Gasteiger partial charge in [0, 0.05) is 81.3 Å². The number of hydrogen-bond acceptors (Lipinski definition) is 6. The molecule has 1 aliphatic carbocycles. The second kappa shape index (κ2) is 16.1. The molecule has 3 heterocycles. The van der Waals surface area contributed by atoms with Crippen LogP contribution in [0, 0.1) is 0 Å². The van der Waals surface area contributed by atoms with Crippen LogP contribution in [0.15, 0.2) is 54.7 Å². The summed E-state index contributed by atoms with van der Waals surface area (Å²) >= 11 is 0. The van der Waals surface area contributed by atoms with Crippen LogP contribution in [0.4, 0.5) is 4.79 Å². The van der Waals surface area contributed by atoms with E-state index in [1.54, 1.807) is 9.80 Å². The molecule has 4 amide bonds. The van der Waals surface area contributed by atoms with E-state index in [2.05, 4.69) is 39.9 Å². The van der Waals surface area contributed by atoms with Gasteiger partial charge in [-0.3, -0.25) is 9.59 Å². The number of aromatic amines is 1. The molecule has 12 heteroatoms. The molecule has 0 bridgehead atoms. The van der Waals surface area contributed by atoms with E-state index in [0.29, 0.717) is 26.2 Å². The number of aromatic nitrogens is 1. The van der Waals surface area contributed by atoms with Crippen molar-refractivity contribution in [3.8, 4) is 0 Å². The number of nitrogens with one attached hydrogen (secondary N) is 3. The number of benzene rings is 2. The van der Waals surface area contributed by atoms with Crippen LogP contribution in [0.3, 0.4) is 0 Å². The topological polar surface area (TPSA) is 144 Å². The minimum atomic E-state index is -0.727. The minimum Gasteiger partial charge on any atom is -0.361 e. The number of rotatable bonds is 8. The number of urea groups is 1. The normalized spacial score (nSPS) is 20.7. The summed E-state index contributed by atoms with van der Waals surface area (Å²) in [6.07, 6.45) is 6.22. The Balaban J connectivity index is 0.00000151. The van der Waals surface area contributed by atoms with Gasteiger partial charge in [-0.2, -0.15) is 0 Å². The van der Waals surface area contributed by atoms with Gasteiger partial charge in [0.2, 0.25) is 11.8 Å². The van der Waals surface area contributed by atoms with Crippen LogP contribution in [0.1, 0.15) is 67.6 Å². The van der Waals surface area contributed by atoms with E-state index in [1.165, 1.54) is 12.4 Å². The molecule has 5 N–H and O–H groups in total. The molecule has 2 fully saturated rings. The molecule has 49 heavy (non-hydrogen) atoms. The van der Waals surface area contributed by atoms with Crippen molar-refractivity contribution in [2.24, 2.45) is 5.73 Å². The first-order valence-electron chi connectivity index (χ1n) is 17.7. The van der Waals surface area contributed by atoms with Crippen molar-refractivity contribution in [1.82, 2.24) is 30.3 Å². The average Bonchev–Trinajstić information content (AvgIpc) is 3.70. The Morgan fingerprint density at radius 1 is 1.10 bits per heavy atom. The predicted octanol–water partition coefficient (Wildman–Crippen LogP) is 3.58. The number of para-hydroxylation sites is 1. The Kier molecular flexibility index (Phi) is 11.9. The summed E-state index contributed by atoms with van der Waals surface area (Å²) in [6.45, 7) is 7.30. The first kappa shape index (κ1) is 36.3. The maximum Gasteiger partial charge on any atom is 0.318 e. The number of likely N-dealkylation sites (N-methyl/N-ethyl adjacent to an activating group) is 2. The maximum absolute atomic E-state index is 14.5. The Labute approximate surface area is 290 Å². The fraction of sp³-hybridized carbons (Fsp3) is 0.541. The van der Waals surface area contributed by atoms with Crippen molar-refractivity contribution >= 4 is 35.9 Å². The number of likely N-dealkylation sites (tertiary alicyclic amines) is 1. The number of amides is 4. The van der Waals surface area contributed by atoms with E-state index in [4.69, 9.17) is 10.4 Å². The molecule has 1 spiro atoms. The van der Waals surface area contributed by atoms with E-state index >= 15 is 0 Å². The van der Waals surface area contributed by atoms with Crippen LogP contribution < -0.4 is 16.4 Å². The summed E-state index contributed by atoms with van der Waals surface area (Å²) in [5.74, 6) is -0.402. The largest absolute Gasteiger partial charge is 0.361 e. The molecule has 3 aromatic rings.